The van der Waals surface area contributed by atoms with Crippen molar-refractivity contribution in [2.45, 2.75) is 39.7 Å². The van der Waals surface area contributed by atoms with Gasteiger partial charge < -0.3 is 4.90 Å². The van der Waals surface area contributed by atoms with Crippen LogP contribution < -0.4 is 0 Å². The Balaban J connectivity index is 1.26. The molecule has 1 aliphatic heterocycles. The highest BCUT2D eigenvalue weighted by atomic mass is 16.2. The molecule has 1 amide bonds. The molecule has 1 aliphatic rings. The number of aromatic nitrogens is 3. The van der Waals surface area contributed by atoms with E-state index in [1.807, 2.05) is 30.5 Å². The van der Waals surface area contributed by atoms with E-state index in [2.05, 4.69) is 77.6 Å². The van der Waals surface area contributed by atoms with Crippen LogP contribution in [0.2, 0.25) is 0 Å². The molecule has 186 valence electrons. The largest absolute Gasteiger partial charge is 0.340 e. The fourth-order valence-electron chi connectivity index (χ4n) is 5.73. The first kappa shape index (κ1) is 24.2. The molecule has 1 fully saturated rings. The molecule has 1 saturated heterocycles. The third kappa shape index (κ3) is 4.65. The Labute approximate surface area is 213 Å². The Morgan fingerprint density at radius 3 is 2.03 bits per heavy atom. The fraction of sp³-hybridized carbons (Fsp3) is 0.367. The normalized spacial score (nSPS) is 14.6. The maximum Gasteiger partial charge on any atom is 0.222 e. The summed E-state index contributed by atoms with van der Waals surface area (Å²) < 4.78 is 1.84. The average Bonchev–Trinajstić information content (AvgIpc) is 3.18. The van der Waals surface area contributed by atoms with Gasteiger partial charge in [0, 0.05) is 50.7 Å². The van der Waals surface area contributed by atoms with E-state index in [1.54, 1.807) is 0 Å². The molecule has 0 N–H and O–H groups in total. The van der Waals surface area contributed by atoms with Gasteiger partial charge in [-0.1, -0.05) is 60.7 Å². The van der Waals surface area contributed by atoms with Crippen LogP contribution in [0.1, 0.15) is 46.1 Å². The van der Waals surface area contributed by atoms with Crippen LogP contribution >= 0.6 is 0 Å². The Morgan fingerprint density at radius 1 is 0.861 bits per heavy atom. The van der Waals surface area contributed by atoms with Crippen LogP contribution in [0.15, 0.2) is 60.7 Å². The Kier molecular flexibility index (Phi) is 6.88. The lowest BCUT2D eigenvalue weighted by Crippen LogP contribution is -2.49. The molecule has 0 aliphatic carbocycles. The summed E-state index contributed by atoms with van der Waals surface area (Å²) in [4.78, 5) is 22.6. The van der Waals surface area contributed by atoms with Crippen LogP contribution in [0.25, 0.3) is 11.0 Å². The zero-order valence-electron chi connectivity index (χ0n) is 21.7. The Morgan fingerprint density at radius 2 is 1.44 bits per heavy atom. The number of hydrogen-bond acceptors (Lipinski definition) is 4. The predicted octanol–water partition coefficient (Wildman–Crippen LogP) is 4.76. The first-order valence-electron chi connectivity index (χ1n) is 12.8. The summed E-state index contributed by atoms with van der Waals surface area (Å²) in [7, 11) is 1.93. The summed E-state index contributed by atoms with van der Waals surface area (Å²) in [6.07, 6.45) is 1.22. The standard InChI is InChI=1S/C30H35N5O/c1-21-26(22(2)31-30-28(21)23(3)32-33(30)4)15-16-27(36)34-17-19-35(20-18-34)29(24-11-7-5-8-12-24)25-13-9-6-10-14-25/h5-14,29H,15-20H2,1-4H3. The van der Waals surface area contributed by atoms with Crippen molar-refractivity contribution in [1.82, 2.24) is 24.6 Å². The number of carbonyl (C=O) groups is 1. The number of rotatable bonds is 6. The highest BCUT2D eigenvalue weighted by Gasteiger charge is 2.28. The molecule has 5 rings (SSSR count). The Bertz CT molecular complexity index is 1320. The summed E-state index contributed by atoms with van der Waals surface area (Å²) >= 11 is 0. The van der Waals surface area contributed by atoms with Crippen molar-refractivity contribution < 1.29 is 4.79 Å². The topological polar surface area (TPSA) is 54.3 Å². The molecule has 6 nitrogen and oxygen atoms in total. The van der Waals surface area contributed by atoms with Gasteiger partial charge in [0.25, 0.3) is 0 Å². The Hall–Kier alpha value is -3.51. The number of fused-ring (bicyclic) bond motifs is 1. The molecule has 0 unspecified atom stereocenters. The van der Waals surface area contributed by atoms with E-state index in [-0.39, 0.29) is 11.9 Å². The van der Waals surface area contributed by atoms with Crippen LogP contribution in [-0.4, -0.2) is 56.7 Å². The van der Waals surface area contributed by atoms with Gasteiger partial charge in [-0.25, -0.2) is 4.98 Å². The lowest BCUT2D eigenvalue weighted by molar-refractivity contribution is -0.133. The number of amides is 1. The molecule has 2 aromatic heterocycles. The van der Waals surface area contributed by atoms with E-state index >= 15 is 0 Å². The predicted molar refractivity (Wildman–Crippen MR) is 144 cm³/mol. The minimum Gasteiger partial charge on any atom is -0.340 e. The quantitative estimate of drug-likeness (QED) is 0.398. The number of aryl methyl sites for hydroxylation is 4. The van der Waals surface area contributed by atoms with E-state index in [9.17, 15) is 4.79 Å². The van der Waals surface area contributed by atoms with Crippen LogP contribution in [0.3, 0.4) is 0 Å². The van der Waals surface area contributed by atoms with Crippen molar-refractivity contribution in [2.24, 2.45) is 7.05 Å². The van der Waals surface area contributed by atoms with Gasteiger partial charge >= 0.3 is 0 Å². The smallest absolute Gasteiger partial charge is 0.222 e. The summed E-state index contributed by atoms with van der Waals surface area (Å²) in [6, 6.07) is 21.6. The molecule has 4 aromatic rings. The maximum atomic E-state index is 13.2. The molecule has 3 heterocycles. The molecule has 0 bridgehead atoms. The van der Waals surface area contributed by atoms with E-state index in [4.69, 9.17) is 4.98 Å². The second kappa shape index (κ2) is 10.2. The lowest BCUT2D eigenvalue weighted by Gasteiger charge is -2.40. The monoisotopic (exact) mass is 481 g/mol. The number of benzene rings is 2. The van der Waals surface area contributed by atoms with Crippen LogP contribution in [0.4, 0.5) is 0 Å². The van der Waals surface area contributed by atoms with Gasteiger partial charge in [-0.15, -0.1) is 0 Å². The average molecular weight is 482 g/mol. The molecule has 2 aromatic carbocycles. The van der Waals surface area contributed by atoms with Gasteiger partial charge in [0.2, 0.25) is 5.91 Å². The highest BCUT2D eigenvalue weighted by Crippen LogP contribution is 2.30. The molecule has 0 spiro atoms. The van der Waals surface area contributed by atoms with Gasteiger partial charge in [-0.2, -0.15) is 5.10 Å². The number of hydrogen-bond donors (Lipinski definition) is 0. The number of nitrogens with zero attached hydrogens (tertiary/aromatic N) is 5. The molecular formula is C30H35N5O. The zero-order chi connectivity index (χ0) is 25.2. The van der Waals surface area contributed by atoms with E-state index in [0.717, 1.165) is 48.6 Å². The molecule has 0 atom stereocenters. The number of carbonyl (C=O) groups excluding carboxylic acids is 1. The van der Waals surface area contributed by atoms with Crippen molar-refractivity contribution >= 4 is 16.9 Å². The van der Waals surface area contributed by atoms with Crippen LogP contribution in [0.5, 0.6) is 0 Å². The van der Waals surface area contributed by atoms with Crippen LogP contribution in [0, 0.1) is 20.8 Å². The van der Waals surface area contributed by atoms with E-state index < -0.39 is 0 Å². The highest BCUT2D eigenvalue weighted by molar-refractivity contribution is 5.84. The lowest BCUT2D eigenvalue weighted by atomic mass is 9.96. The zero-order valence-corrected chi connectivity index (χ0v) is 21.7. The van der Waals surface area contributed by atoms with Crippen LogP contribution in [-0.2, 0) is 18.3 Å². The van der Waals surface area contributed by atoms with E-state index in [0.29, 0.717) is 12.8 Å². The van der Waals surface area contributed by atoms with Gasteiger partial charge in [0.15, 0.2) is 5.65 Å². The van der Waals surface area contributed by atoms with Gasteiger partial charge in [0.1, 0.15) is 0 Å². The third-order valence-corrected chi connectivity index (χ3v) is 7.58. The summed E-state index contributed by atoms with van der Waals surface area (Å²) in [6.45, 7) is 9.44. The van der Waals surface area contributed by atoms with Crippen molar-refractivity contribution in [2.75, 3.05) is 26.2 Å². The summed E-state index contributed by atoms with van der Waals surface area (Å²) in [5, 5.41) is 5.66. The first-order chi connectivity index (χ1) is 17.4. The second-order valence-electron chi connectivity index (χ2n) is 9.85. The van der Waals surface area contributed by atoms with Crippen molar-refractivity contribution in [3.63, 3.8) is 0 Å². The van der Waals surface area contributed by atoms with Gasteiger partial charge in [0.05, 0.1) is 11.7 Å². The number of pyridine rings is 1. The van der Waals surface area contributed by atoms with Gasteiger partial charge in [-0.3, -0.25) is 14.4 Å². The second-order valence-corrected chi connectivity index (χ2v) is 9.85. The minimum atomic E-state index is 0.204. The van der Waals surface area contributed by atoms with Crippen molar-refractivity contribution in [3.05, 3.63) is 94.3 Å². The SMILES string of the molecule is Cc1nc2c(c(C)nn2C)c(C)c1CCC(=O)N1CCN(C(c2ccccc2)c2ccccc2)CC1. The fourth-order valence-corrected chi connectivity index (χ4v) is 5.73. The molecule has 6 heteroatoms. The molecule has 36 heavy (non-hydrogen) atoms. The van der Waals surface area contributed by atoms with Crippen molar-refractivity contribution in [3.8, 4) is 0 Å². The van der Waals surface area contributed by atoms with Crippen molar-refractivity contribution in [1.29, 1.82) is 0 Å². The van der Waals surface area contributed by atoms with Gasteiger partial charge in [-0.05, 0) is 49.4 Å². The number of piperazine rings is 1. The summed E-state index contributed by atoms with van der Waals surface area (Å²) in [5.41, 5.74) is 7.88. The molecular weight excluding hydrogens is 446 g/mol. The summed E-state index contributed by atoms with van der Waals surface area (Å²) in [5.74, 6) is 0.229. The first-order valence-corrected chi connectivity index (χ1v) is 12.8. The van der Waals surface area contributed by atoms with E-state index in [1.165, 1.54) is 22.3 Å². The minimum absolute atomic E-state index is 0.204. The maximum absolute atomic E-state index is 13.2. The third-order valence-electron chi connectivity index (χ3n) is 7.58. The molecule has 0 radical (unpaired) electrons. The molecule has 0 saturated carbocycles.